The number of alkyl halides is 1. The Morgan fingerprint density at radius 1 is 0.846 bits per heavy atom. The van der Waals surface area contributed by atoms with Crippen LogP contribution >= 0.6 is 45.2 Å². The smallest absolute Gasteiger partial charge is 0.323 e. The van der Waals surface area contributed by atoms with Gasteiger partial charge in [0, 0.05) is 3.57 Å². The summed E-state index contributed by atoms with van der Waals surface area (Å²) in [7, 11) is -0.198. The molecule has 0 aromatic heterocycles. The van der Waals surface area contributed by atoms with Crippen molar-refractivity contribution < 1.29 is 9.53 Å². The summed E-state index contributed by atoms with van der Waals surface area (Å²) >= 11 is 4.38. The largest absolute Gasteiger partial charge is 0.426 e. The first-order valence-electron chi connectivity index (χ1n) is 8.05. The highest BCUT2D eigenvalue weighted by molar-refractivity contribution is 14.1. The predicted molar refractivity (Wildman–Crippen MR) is 123 cm³/mol. The summed E-state index contributed by atoms with van der Waals surface area (Å²) in [5.41, 5.74) is 0. The van der Waals surface area contributed by atoms with E-state index in [1.54, 1.807) is 0 Å². The highest BCUT2D eigenvalue weighted by Gasteiger charge is 2.28. The Morgan fingerprint density at radius 2 is 1.35 bits per heavy atom. The fourth-order valence-corrected chi connectivity index (χ4v) is 4.93. The SMILES string of the molecule is CC(I)C(=O)Oc1ccc([S+](c2ccccc2)c2ccc(I)cc2)cc1. The first-order valence-corrected chi connectivity index (χ1v) is 11.6. The van der Waals surface area contributed by atoms with Gasteiger partial charge < -0.3 is 4.74 Å². The van der Waals surface area contributed by atoms with Gasteiger partial charge in [-0.1, -0.05) is 40.8 Å². The van der Waals surface area contributed by atoms with Crippen LogP contribution in [-0.4, -0.2) is 9.89 Å². The highest BCUT2D eigenvalue weighted by atomic mass is 127. The molecule has 0 spiro atoms. The van der Waals surface area contributed by atoms with E-state index in [0.29, 0.717) is 5.75 Å². The minimum Gasteiger partial charge on any atom is -0.426 e. The average Bonchev–Trinajstić information content (AvgIpc) is 2.66. The van der Waals surface area contributed by atoms with E-state index in [0.717, 1.165) is 0 Å². The lowest BCUT2D eigenvalue weighted by Crippen LogP contribution is -2.16. The molecule has 0 radical (unpaired) electrons. The Morgan fingerprint density at radius 3 is 1.88 bits per heavy atom. The monoisotopic (exact) mass is 587 g/mol. The van der Waals surface area contributed by atoms with Crippen molar-refractivity contribution in [1.82, 2.24) is 0 Å². The van der Waals surface area contributed by atoms with E-state index in [4.69, 9.17) is 4.74 Å². The molecule has 5 heteroatoms. The molecule has 132 valence electrons. The van der Waals surface area contributed by atoms with Crippen LogP contribution in [0.4, 0.5) is 0 Å². The zero-order valence-electron chi connectivity index (χ0n) is 14.1. The van der Waals surface area contributed by atoms with Crippen LogP contribution in [0, 0.1) is 3.57 Å². The molecule has 0 N–H and O–H groups in total. The van der Waals surface area contributed by atoms with Crippen LogP contribution in [0.5, 0.6) is 5.75 Å². The van der Waals surface area contributed by atoms with Crippen LogP contribution in [0.3, 0.4) is 0 Å². The molecule has 0 aliphatic heterocycles. The molecule has 2 atom stereocenters. The highest BCUT2D eigenvalue weighted by Crippen LogP contribution is 2.32. The van der Waals surface area contributed by atoms with Gasteiger partial charge in [0.2, 0.25) is 0 Å². The predicted octanol–water partition coefficient (Wildman–Crippen LogP) is 6.12. The van der Waals surface area contributed by atoms with Crippen LogP contribution in [0.1, 0.15) is 6.92 Å². The van der Waals surface area contributed by atoms with Crippen molar-refractivity contribution in [3.63, 3.8) is 0 Å². The molecule has 2 nitrogen and oxygen atoms in total. The third-order valence-corrected chi connectivity index (χ3v) is 7.09. The van der Waals surface area contributed by atoms with Gasteiger partial charge >= 0.3 is 5.97 Å². The normalized spacial score (nSPS) is 13.0. The summed E-state index contributed by atoms with van der Waals surface area (Å²) in [4.78, 5) is 15.5. The minimum atomic E-state index is -0.224. The lowest BCUT2D eigenvalue weighted by Gasteiger charge is -2.09. The third kappa shape index (κ3) is 5.01. The Bertz CT molecular complexity index is 863. The maximum Gasteiger partial charge on any atom is 0.323 e. The van der Waals surface area contributed by atoms with Gasteiger partial charge in [-0.05, 0) is 90.2 Å². The zero-order valence-corrected chi connectivity index (χ0v) is 19.2. The molecule has 0 aliphatic carbocycles. The molecule has 3 aromatic rings. The van der Waals surface area contributed by atoms with Crippen molar-refractivity contribution >= 4 is 62.0 Å². The first kappa shape index (κ1) is 19.7. The molecule has 0 saturated heterocycles. The summed E-state index contributed by atoms with van der Waals surface area (Å²) in [6.45, 7) is 1.82. The van der Waals surface area contributed by atoms with Crippen molar-refractivity contribution in [2.75, 3.05) is 0 Å². The molecule has 0 saturated carbocycles. The van der Waals surface area contributed by atoms with Gasteiger partial charge in [0.1, 0.15) is 9.67 Å². The van der Waals surface area contributed by atoms with Crippen molar-refractivity contribution in [3.05, 3.63) is 82.4 Å². The summed E-state index contributed by atoms with van der Waals surface area (Å²) in [5.74, 6) is 0.361. The van der Waals surface area contributed by atoms with Crippen LogP contribution in [-0.2, 0) is 15.7 Å². The van der Waals surface area contributed by atoms with Gasteiger partial charge in [-0.3, -0.25) is 4.79 Å². The molecule has 26 heavy (non-hydrogen) atoms. The molecule has 0 amide bonds. The van der Waals surface area contributed by atoms with Gasteiger partial charge in [-0.25, -0.2) is 0 Å². The number of halogens is 2. The van der Waals surface area contributed by atoms with E-state index in [1.165, 1.54) is 18.3 Å². The molecule has 0 fully saturated rings. The van der Waals surface area contributed by atoms with Gasteiger partial charge in [-0.2, -0.15) is 0 Å². The Kier molecular flexibility index (Phi) is 6.99. The zero-order chi connectivity index (χ0) is 18.5. The van der Waals surface area contributed by atoms with Crippen molar-refractivity contribution in [1.29, 1.82) is 0 Å². The summed E-state index contributed by atoms with van der Waals surface area (Å²) < 4.78 is 6.45. The van der Waals surface area contributed by atoms with E-state index < -0.39 is 0 Å². The van der Waals surface area contributed by atoms with Crippen molar-refractivity contribution in [3.8, 4) is 5.75 Å². The van der Waals surface area contributed by atoms with Crippen LogP contribution in [0.2, 0.25) is 0 Å². The second-order valence-corrected chi connectivity index (χ2v) is 10.7. The van der Waals surface area contributed by atoms with E-state index in [9.17, 15) is 4.79 Å². The number of carbonyl (C=O) groups excluding carboxylic acids is 1. The number of hydrogen-bond acceptors (Lipinski definition) is 2. The van der Waals surface area contributed by atoms with Gasteiger partial charge in [-0.15, -0.1) is 0 Å². The molecule has 3 aromatic carbocycles. The minimum absolute atomic E-state index is 0.169. The molecule has 0 bridgehead atoms. The Hall–Kier alpha value is -1.06. The van der Waals surface area contributed by atoms with E-state index in [2.05, 4.69) is 106 Å². The van der Waals surface area contributed by atoms with E-state index in [-0.39, 0.29) is 20.8 Å². The number of ether oxygens (including phenoxy) is 1. The van der Waals surface area contributed by atoms with E-state index in [1.807, 2.05) is 25.1 Å². The first-order chi connectivity index (χ1) is 12.5. The fourth-order valence-electron chi connectivity index (χ4n) is 2.38. The average molecular weight is 587 g/mol. The summed E-state index contributed by atoms with van der Waals surface area (Å²) in [6.07, 6.45) is 0. The topological polar surface area (TPSA) is 26.3 Å². The molecule has 0 aliphatic rings. The third-order valence-electron chi connectivity index (χ3n) is 3.63. The molecule has 2 unspecified atom stereocenters. The number of benzene rings is 3. The van der Waals surface area contributed by atoms with Crippen molar-refractivity contribution in [2.45, 2.75) is 25.5 Å². The van der Waals surface area contributed by atoms with Gasteiger partial charge in [0.05, 0.1) is 10.9 Å². The lowest BCUT2D eigenvalue weighted by atomic mass is 10.3. The van der Waals surface area contributed by atoms with Gasteiger partial charge in [0.15, 0.2) is 14.7 Å². The molecular formula is C21H17I2O2S+. The number of carbonyl (C=O) groups is 1. The summed E-state index contributed by atoms with van der Waals surface area (Å²) in [6, 6.07) is 27.0. The second-order valence-electron chi connectivity index (χ2n) is 5.58. The number of rotatable bonds is 5. The molecule has 3 rings (SSSR count). The maximum absolute atomic E-state index is 11.8. The Labute approximate surface area is 184 Å². The summed E-state index contributed by atoms with van der Waals surface area (Å²) in [5, 5.41) is 0. The van der Waals surface area contributed by atoms with Crippen LogP contribution < -0.4 is 4.74 Å². The fraction of sp³-hybridized carbons (Fsp3) is 0.0952. The lowest BCUT2D eigenvalue weighted by molar-refractivity contribution is -0.133. The molecular weight excluding hydrogens is 570 g/mol. The van der Waals surface area contributed by atoms with Crippen LogP contribution in [0.15, 0.2) is 93.5 Å². The quantitative estimate of drug-likeness (QED) is 0.118. The number of hydrogen-bond donors (Lipinski definition) is 0. The Balaban J connectivity index is 1.95. The standard InChI is InChI=1S/C21H17I2O2S/c1-15(22)21(24)25-17-9-13-20(14-10-17)26(18-5-3-2-4-6-18)19-11-7-16(23)8-12-19/h2-15H,1H3/q+1. The van der Waals surface area contributed by atoms with Crippen LogP contribution in [0.25, 0.3) is 0 Å². The molecule has 0 heterocycles. The van der Waals surface area contributed by atoms with Crippen molar-refractivity contribution in [2.24, 2.45) is 0 Å². The second kappa shape index (κ2) is 9.23. The van der Waals surface area contributed by atoms with E-state index >= 15 is 0 Å². The maximum atomic E-state index is 11.8. The van der Waals surface area contributed by atoms with Gasteiger partial charge in [0.25, 0.3) is 0 Å². The number of esters is 1.